The van der Waals surface area contributed by atoms with E-state index >= 15 is 0 Å². The van der Waals surface area contributed by atoms with Crippen LogP contribution in [-0.2, 0) is 4.79 Å². The van der Waals surface area contributed by atoms with Crippen molar-refractivity contribution in [2.75, 3.05) is 12.4 Å². The molecule has 0 spiro atoms. The molecule has 1 atom stereocenters. The van der Waals surface area contributed by atoms with E-state index in [2.05, 4.69) is 10.6 Å². The number of nitrogens with one attached hydrogen (secondary N) is 2. The summed E-state index contributed by atoms with van der Waals surface area (Å²) >= 11 is 0. The molecular formula is C14H19FN2O4. The first-order chi connectivity index (χ1) is 9.65. The highest BCUT2D eigenvalue weighted by Gasteiger charge is 2.32. The summed E-state index contributed by atoms with van der Waals surface area (Å²) in [4.78, 5) is 23.0. The minimum atomic E-state index is -1.14. The molecule has 0 saturated carbocycles. The van der Waals surface area contributed by atoms with Gasteiger partial charge in [-0.3, -0.25) is 0 Å². The summed E-state index contributed by atoms with van der Waals surface area (Å²) in [6.07, 6.45) is 0. The minimum Gasteiger partial charge on any atom is -0.494 e. The number of carboxylic acids is 1. The van der Waals surface area contributed by atoms with E-state index in [4.69, 9.17) is 9.84 Å². The quantitative estimate of drug-likeness (QED) is 0.796. The van der Waals surface area contributed by atoms with Crippen molar-refractivity contribution in [3.05, 3.63) is 24.0 Å². The Morgan fingerprint density at radius 3 is 2.38 bits per heavy atom. The second kappa shape index (κ2) is 6.43. The van der Waals surface area contributed by atoms with Gasteiger partial charge in [-0.25, -0.2) is 14.0 Å². The van der Waals surface area contributed by atoms with Crippen molar-refractivity contribution < 1.29 is 23.8 Å². The molecule has 2 amide bonds. The highest BCUT2D eigenvalue weighted by atomic mass is 19.1. The maximum Gasteiger partial charge on any atom is 0.326 e. The predicted molar refractivity (Wildman–Crippen MR) is 76.0 cm³/mol. The smallest absolute Gasteiger partial charge is 0.326 e. The molecule has 0 fully saturated rings. The summed E-state index contributed by atoms with van der Waals surface area (Å²) in [7, 11) is 1.33. The summed E-state index contributed by atoms with van der Waals surface area (Å²) in [5, 5.41) is 13.8. The summed E-state index contributed by atoms with van der Waals surface area (Å²) in [6, 6.07) is 2.12. The van der Waals surface area contributed by atoms with E-state index in [1.807, 2.05) is 0 Å². The Bertz CT molecular complexity index is 540. The van der Waals surface area contributed by atoms with Crippen LogP contribution in [0.2, 0.25) is 0 Å². The van der Waals surface area contributed by atoms with E-state index in [1.54, 1.807) is 20.8 Å². The fraction of sp³-hybridized carbons (Fsp3) is 0.429. The first-order valence-electron chi connectivity index (χ1n) is 6.29. The van der Waals surface area contributed by atoms with Gasteiger partial charge < -0.3 is 20.5 Å². The molecule has 0 radical (unpaired) electrons. The second-order valence-electron chi connectivity index (χ2n) is 5.59. The number of benzene rings is 1. The van der Waals surface area contributed by atoms with Crippen LogP contribution in [0.25, 0.3) is 0 Å². The molecule has 0 aliphatic carbocycles. The van der Waals surface area contributed by atoms with Crippen LogP contribution in [0.4, 0.5) is 14.9 Å². The van der Waals surface area contributed by atoms with E-state index in [0.29, 0.717) is 0 Å². The molecular weight excluding hydrogens is 279 g/mol. The van der Waals surface area contributed by atoms with Gasteiger partial charge in [-0.05, 0) is 17.5 Å². The summed E-state index contributed by atoms with van der Waals surface area (Å²) < 4.78 is 18.3. The Balaban J connectivity index is 2.77. The number of hydrogen-bond acceptors (Lipinski definition) is 3. The molecule has 0 saturated heterocycles. The zero-order valence-corrected chi connectivity index (χ0v) is 12.4. The van der Waals surface area contributed by atoms with E-state index in [-0.39, 0.29) is 11.4 Å². The molecule has 6 nitrogen and oxygen atoms in total. The fourth-order valence-electron chi connectivity index (χ4n) is 1.69. The number of urea groups is 1. The lowest BCUT2D eigenvalue weighted by Crippen LogP contribution is -2.50. The van der Waals surface area contributed by atoms with Gasteiger partial charge in [0.15, 0.2) is 11.6 Å². The van der Waals surface area contributed by atoms with Crippen molar-refractivity contribution in [1.82, 2.24) is 5.32 Å². The van der Waals surface area contributed by atoms with Crippen LogP contribution in [0, 0.1) is 11.2 Å². The summed E-state index contributed by atoms with van der Waals surface area (Å²) in [5.41, 5.74) is -0.460. The van der Waals surface area contributed by atoms with Crippen molar-refractivity contribution in [1.29, 1.82) is 0 Å². The Morgan fingerprint density at radius 2 is 1.95 bits per heavy atom. The van der Waals surface area contributed by atoms with Crippen LogP contribution in [-0.4, -0.2) is 30.3 Å². The lowest BCUT2D eigenvalue weighted by Gasteiger charge is -2.27. The van der Waals surface area contributed by atoms with E-state index in [9.17, 15) is 14.0 Å². The number of amides is 2. The molecule has 1 aromatic carbocycles. The molecule has 7 heteroatoms. The molecule has 0 aromatic heterocycles. The van der Waals surface area contributed by atoms with Crippen molar-refractivity contribution in [3.8, 4) is 5.75 Å². The zero-order valence-electron chi connectivity index (χ0n) is 12.4. The van der Waals surface area contributed by atoms with Gasteiger partial charge in [-0.1, -0.05) is 20.8 Å². The third-order valence-corrected chi connectivity index (χ3v) is 2.80. The van der Waals surface area contributed by atoms with Crippen molar-refractivity contribution in [2.24, 2.45) is 5.41 Å². The largest absolute Gasteiger partial charge is 0.494 e. The van der Waals surface area contributed by atoms with Gasteiger partial charge in [-0.15, -0.1) is 0 Å². The number of anilines is 1. The van der Waals surface area contributed by atoms with E-state index in [0.717, 1.165) is 6.07 Å². The highest BCUT2D eigenvalue weighted by Crippen LogP contribution is 2.22. The lowest BCUT2D eigenvalue weighted by molar-refractivity contribution is -0.141. The topological polar surface area (TPSA) is 87.7 Å². The SMILES string of the molecule is COc1ccc(NC(=O)N[C@@H](C(=O)O)C(C)(C)C)cc1F. The Morgan fingerprint density at radius 1 is 1.33 bits per heavy atom. The monoisotopic (exact) mass is 298 g/mol. The molecule has 0 aliphatic heterocycles. The normalized spacial score (nSPS) is 12.4. The molecule has 21 heavy (non-hydrogen) atoms. The van der Waals surface area contributed by atoms with Crippen LogP contribution >= 0.6 is 0 Å². The van der Waals surface area contributed by atoms with Crippen LogP contribution in [0.15, 0.2) is 18.2 Å². The molecule has 0 aliphatic rings. The van der Waals surface area contributed by atoms with Gasteiger partial charge in [0.1, 0.15) is 6.04 Å². The Kier molecular flexibility index (Phi) is 5.12. The van der Waals surface area contributed by atoms with Crippen molar-refractivity contribution >= 4 is 17.7 Å². The molecule has 116 valence electrons. The van der Waals surface area contributed by atoms with Gasteiger partial charge in [0.05, 0.1) is 7.11 Å². The third kappa shape index (κ3) is 4.62. The highest BCUT2D eigenvalue weighted by molar-refractivity contribution is 5.92. The predicted octanol–water partition coefficient (Wildman–Crippen LogP) is 2.46. The van der Waals surface area contributed by atoms with Crippen molar-refractivity contribution in [2.45, 2.75) is 26.8 Å². The Hall–Kier alpha value is -2.31. The average molecular weight is 298 g/mol. The van der Waals surface area contributed by atoms with Crippen molar-refractivity contribution in [3.63, 3.8) is 0 Å². The number of methoxy groups -OCH3 is 1. The number of carbonyl (C=O) groups excluding carboxylic acids is 1. The first-order valence-corrected chi connectivity index (χ1v) is 6.29. The molecule has 0 heterocycles. The van der Waals surface area contributed by atoms with Gasteiger partial charge in [0.2, 0.25) is 0 Å². The molecule has 3 N–H and O–H groups in total. The standard InChI is InChI=1S/C14H19FN2O4/c1-14(2,3)11(12(18)19)17-13(20)16-8-5-6-10(21-4)9(15)7-8/h5-7,11H,1-4H3,(H,18,19)(H2,16,17,20)/t11-/m0/s1. The molecule has 0 bridgehead atoms. The van der Waals surface area contributed by atoms with Gasteiger partial charge in [-0.2, -0.15) is 0 Å². The summed E-state index contributed by atoms with van der Waals surface area (Å²) in [6.45, 7) is 5.08. The molecule has 1 aromatic rings. The van der Waals surface area contributed by atoms with Gasteiger partial charge in [0, 0.05) is 11.8 Å². The zero-order chi connectivity index (χ0) is 16.2. The fourth-order valence-corrected chi connectivity index (χ4v) is 1.69. The average Bonchev–Trinajstić information content (AvgIpc) is 2.34. The van der Waals surface area contributed by atoms with Gasteiger partial charge >= 0.3 is 12.0 Å². The number of carboxylic acid groups (broad SMARTS) is 1. The molecule has 0 unspecified atom stereocenters. The summed E-state index contributed by atoms with van der Waals surface area (Å²) in [5.74, 6) is -1.71. The van der Waals surface area contributed by atoms with E-state index in [1.165, 1.54) is 19.2 Å². The number of aliphatic carboxylic acids is 1. The first kappa shape index (κ1) is 16.7. The number of ether oxygens (including phenoxy) is 1. The van der Waals surface area contributed by atoms with Crippen LogP contribution < -0.4 is 15.4 Å². The second-order valence-corrected chi connectivity index (χ2v) is 5.59. The number of halogens is 1. The number of rotatable bonds is 4. The van der Waals surface area contributed by atoms with Gasteiger partial charge in [0.25, 0.3) is 0 Å². The third-order valence-electron chi connectivity index (χ3n) is 2.80. The number of hydrogen-bond donors (Lipinski definition) is 3. The van der Waals surface area contributed by atoms with E-state index < -0.39 is 29.3 Å². The van der Waals surface area contributed by atoms with Crippen LogP contribution in [0.3, 0.4) is 0 Å². The Labute approximate surface area is 122 Å². The van der Waals surface area contributed by atoms with Crippen LogP contribution in [0.1, 0.15) is 20.8 Å². The molecule has 1 rings (SSSR count). The maximum absolute atomic E-state index is 13.5. The lowest BCUT2D eigenvalue weighted by atomic mass is 9.87. The van der Waals surface area contributed by atoms with Crippen LogP contribution in [0.5, 0.6) is 5.75 Å². The maximum atomic E-state index is 13.5. The number of carbonyl (C=O) groups is 2. The minimum absolute atomic E-state index is 0.0547.